The standard InChI is InChI=1S/C64H127NO8/c1-14-15-44-65(45-20-16-18-22-47-68-61(66)36-38-63(70-49-40-57(10)32-24-28-53(2)3)71-50-41-58(11)33-25-29-54(4)5)46-21-17-19-23-48-69-62(67)37-39-64(72-51-42-59(12)34-26-30-55(6)7)73-52-43-60(13)35-27-31-56(8)9/h53-60,63-64H,14-52H2,1-13H3. The molecule has 4 atom stereocenters. The summed E-state index contributed by atoms with van der Waals surface area (Å²) in [5.74, 6) is 5.25. The Morgan fingerprint density at radius 2 is 0.603 bits per heavy atom. The van der Waals surface area contributed by atoms with Crippen LogP contribution in [0.5, 0.6) is 0 Å². The molecular formula is C64H127NO8. The summed E-state index contributed by atoms with van der Waals surface area (Å²) in [5.41, 5.74) is 0. The molecule has 0 heterocycles. The van der Waals surface area contributed by atoms with E-state index in [0.717, 1.165) is 108 Å². The second-order valence-electron chi connectivity index (χ2n) is 24.8. The van der Waals surface area contributed by atoms with Gasteiger partial charge in [0.05, 0.1) is 26.1 Å². The third kappa shape index (κ3) is 51.3. The van der Waals surface area contributed by atoms with Gasteiger partial charge in [-0.15, -0.1) is 0 Å². The number of unbranched alkanes of at least 4 members (excludes halogenated alkanes) is 7. The zero-order chi connectivity index (χ0) is 54.3. The maximum atomic E-state index is 12.8. The Morgan fingerprint density at radius 3 is 0.890 bits per heavy atom. The van der Waals surface area contributed by atoms with Crippen LogP contribution in [-0.4, -0.2) is 88.7 Å². The van der Waals surface area contributed by atoms with E-state index in [2.05, 4.69) is 94.9 Å². The number of esters is 2. The first-order valence-corrected chi connectivity index (χ1v) is 31.5. The zero-order valence-corrected chi connectivity index (χ0v) is 51.1. The van der Waals surface area contributed by atoms with Gasteiger partial charge < -0.3 is 33.3 Å². The van der Waals surface area contributed by atoms with Gasteiger partial charge in [0.1, 0.15) is 0 Å². The van der Waals surface area contributed by atoms with Crippen molar-refractivity contribution in [2.45, 2.75) is 295 Å². The normalized spacial score (nSPS) is 14.7. The largest absolute Gasteiger partial charge is 0.466 e. The smallest absolute Gasteiger partial charge is 0.305 e. The topological polar surface area (TPSA) is 92.8 Å². The first-order chi connectivity index (χ1) is 35.0. The summed E-state index contributed by atoms with van der Waals surface area (Å²) in [7, 11) is 0. The molecule has 0 spiro atoms. The second kappa shape index (κ2) is 50.3. The highest BCUT2D eigenvalue weighted by Gasteiger charge is 2.18. The second-order valence-corrected chi connectivity index (χ2v) is 24.8. The van der Waals surface area contributed by atoms with Crippen LogP contribution in [0.3, 0.4) is 0 Å². The van der Waals surface area contributed by atoms with Gasteiger partial charge in [-0.05, 0) is 125 Å². The molecule has 0 amide bonds. The maximum Gasteiger partial charge on any atom is 0.305 e. The van der Waals surface area contributed by atoms with Crippen molar-refractivity contribution in [2.75, 3.05) is 59.3 Å². The van der Waals surface area contributed by atoms with Gasteiger partial charge in [0.25, 0.3) is 0 Å². The summed E-state index contributed by atoms with van der Waals surface area (Å²) in [6.07, 6.45) is 31.3. The van der Waals surface area contributed by atoms with E-state index in [1.54, 1.807) is 0 Å². The van der Waals surface area contributed by atoms with Crippen molar-refractivity contribution in [3.05, 3.63) is 0 Å². The predicted octanol–water partition coefficient (Wildman–Crippen LogP) is 18.0. The van der Waals surface area contributed by atoms with Gasteiger partial charge in [-0.3, -0.25) is 9.59 Å². The van der Waals surface area contributed by atoms with Crippen molar-refractivity contribution in [2.24, 2.45) is 47.3 Å². The van der Waals surface area contributed by atoms with Crippen molar-refractivity contribution in [3.63, 3.8) is 0 Å². The molecular weight excluding hydrogens is 911 g/mol. The van der Waals surface area contributed by atoms with Gasteiger partial charge in [-0.1, -0.05) is 199 Å². The molecule has 0 radical (unpaired) electrons. The zero-order valence-electron chi connectivity index (χ0n) is 51.1. The van der Waals surface area contributed by atoms with Crippen LogP contribution >= 0.6 is 0 Å². The lowest BCUT2D eigenvalue weighted by Crippen LogP contribution is -2.27. The monoisotopic (exact) mass is 1040 g/mol. The number of nitrogens with zero attached hydrogens (tertiary/aromatic N) is 1. The van der Waals surface area contributed by atoms with E-state index >= 15 is 0 Å². The lowest BCUT2D eigenvalue weighted by atomic mass is 9.97. The summed E-state index contributed by atoms with van der Waals surface area (Å²) in [5, 5.41) is 0. The molecule has 0 aromatic rings. The van der Waals surface area contributed by atoms with Crippen LogP contribution in [0.2, 0.25) is 0 Å². The van der Waals surface area contributed by atoms with Crippen molar-refractivity contribution in [1.29, 1.82) is 0 Å². The number of carbonyl (C=O) groups is 2. The van der Waals surface area contributed by atoms with Crippen LogP contribution < -0.4 is 0 Å². The minimum atomic E-state index is -0.352. The Labute approximate surface area is 454 Å². The molecule has 73 heavy (non-hydrogen) atoms. The predicted molar refractivity (Wildman–Crippen MR) is 310 cm³/mol. The van der Waals surface area contributed by atoms with E-state index in [1.807, 2.05) is 0 Å². The molecule has 0 bridgehead atoms. The molecule has 9 nitrogen and oxygen atoms in total. The van der Waals surface area contributed by atoms with E-state index in [4.69, 9.17) is 28.4 Å². The van der Waals surface area contributed by atoms with Crippen molar-refractivity contribution in [1.82, 2.24) is 4.90 Å². The summed E-state index contributed by atoms with van der Waals surface area (Å²) in [4.78, 5) is 28.2. The summed E-state index contributed by atoms with van der Waals surface area (Å²) < 4.78 is 36.4. The highest BCUT2D eigenvalue weighted by molar-refractivity contribution is 5.69. The first-order valence-electron chi connectivity index (χ1n) is 31.5. The van der Waals surface area contributed by atoms with E-state index in [0.29, 0.717) is 89.0 Å². The van der Waals surface area contributed by atoms with Crippen molar-refractivity contribution >= 4 is 11.9 Å². The fourth-order valence-corrected chi connectivity index (χ4v) is 9.39. The molecule has 0 aliphatic heterocycles. The SMILES string of the molecule is CCCCN(CCCCCCOC(=O)CCC(OCCC(C)CCCC(C)C)OCCC(C)CCCC(C)C)CCCCCCOC(=O)CCC(OCCC(C)CCCC(C)C)OCCC(C)CCCC(C)C. The van der Waals surface area contributed by atoms with E-state index in [-0.39, 0.29) is 24.5 Å². The number of hydrogen-bond donors (Lipinski definition) is 0. The third-order valence-electron chi connectivity index (χ3n) is 14.8. The van der Waals surface area contributed by atoms with Crippen LogP contribution in [0.15, 0.2) is 0 Å². The van der Waals surface area contributed by atoms with E-state index in [1.165, 1.54) is 103 Å². The van der Waals surface area contributed by atoms with Crippen molar-refractivity contribution < 1.29 is 38.0 Å². The molecule has 0 aliphatic carbocycles. The maximum absolute atomic E-state index is 12.8. The molecule has 0 saturated heterocycles. The lowest BCUT2D eigenvalue weighted by Gasteiger charge is -2.22. The highest BCUT2D eigenvalue weighted by Crippen LogP contribution is 2.21. The number of carbonyl (C=O) groups excluding carboxylic acids is 2. The van der Waals surface area contributed by atoms with Crippen LogP contribution in [0.1, 0.15) is 283 Å². The summed E-state index contributed by atoms with van der Waals surface area (Å²) >= 11 is 0. The highest BCUT2D eigenvalue weighted by atomic mass is 16.7. The van der Waals surface area contributed by atoms with E-state index in [9.17, 15) is 9.59 Å². The number of hydrogen-bond acceptors (Lipinski definition) is 9. The average molecular weight is 1040 g/mol. The molecule has 0 aromatic carbocycles. The Bertz CT molecular complexity index is 1060. The molecule has 436 valence electrons. The van der Waals surface area contributed by atoms with Crippen LogP contribution in [0, 0.1) is 47.3 Å². The molecule has 0 aromatic heterocycles. The van der Waals surface area contributed by atoms with Gasteiger partial charge in [-0.25, -0.2) is 0 Å². The minimum absolute atomic E-state index is 0.142. The average Bonchev–Trinajstić information content (AvgIpc) is 3.32. The first kappa shape index (κ1) is 71.7. The van der Waals surface area contributed by atoms with Gasteiger partial charge in [0.2, 0.25) is 0 Å². The van der Waals surface area contributed by atoms with Gasteiger partial charge in [-0.2, -0.15) is 0 Å². The van der Waals surface area contributed by atoms with Gasteiger partial charge in [0.15, 0.2) is 12.6 Å². The van der Waals surface area contributed by atoms with Crippen LogP contribution in [0.25, 0.3) is 0 Å². The van der Waals surface area contributed by atoms with Crippen molar-refractivity contribution in [3.8, 4) is 0 Å². The molecule has 0 aliphatic rings. The summed E-state index contributed by atoms with van der Waals surface area (Å²) in [6.45, 7) is 37.0. The third-order valence-corrected chi connectivity index (χ3v) is 14.8. The quantitative estimate of drug-likeness (QED) is 0.0335. The molecule has 4 unspecified atom stereocenters. The number of rotatable bonds is 55. The van der Waals surface area contributed by atoms with E-state index < -0.39 is 0 Å². The summed E-state index contributed by atoms with van der Waals surface area (Å²) in [6, 6.07) is 0. The van der Waals surface area contributed by atoms with Gasteiger partial charge >= 0.3 is 11.9 Å². The Balaban J connectivity index is 4.54. The van der Waals surface area contributed by atoms with Crippen LogP contribution in [-0.2, 0) is 38.0 Å². The lowest BCUT2D eigenvalue weighted by molar-refractivity contribution is -0.161. The van der Waals surface area contributed by atoms with Gasteiger partial charge in [0, 0.05) is 39.3 Å². The number of ether oxygens (including phenoxy) is 6. The fraction of sp³-hybridized carbons (Fsp3) is 0.969. The molecule has 0 rings (SSSR count). The molecule has 9 heteroatoms. The fourth-order valence-electron chi connectivity index (χ4n) is 9.39. The molecule has 0 fully saturated rings. The Hall–Kier alpha value is -1.26. The Morgan fingerprint density at radius 1 is 0.315 bits per heavy atom. The minimum Gasteiger partial charge on any atom is -0.466 e. The van der Waals surface area contributed by atoms with Crippen LogP contribution in [0.4, 0.5) is 0 Å². The molecule has 0 saturated carbocycles. The Kier molecular flexibility index (Phi) is 49.4. The molecule has 0 N–H and O–H groups in total.